The van der Waals surface area contributed by atoms with E-state index in [0.717, 1.165) is 18.3 Å². The number of halogens is 1. The molecule has 1 aliphatic rings. The second-order valence-corrected chi connectivity index (χ2v) is 6.52. The van der Waals surface area contributed by atoms with Gasteiger partial charge in [0, 0.05) is 18.3 Å². The highest BCUT2D eigenvalue weighted by atomic mass is 79.9. The number of rotatable bonds is 6. The molecule has 2 nitrogen and oxygen atoms in total. The molecule has 1 aromatic carbocycles. The second-order valence-electron chi connectivity index (χ2n) is 5.96. The summed E-state index contributed by atoms with van der Waals surface area (Å²) >= 11 is 3.64. The number of carbonyl (C=O) groups excluding carboxylic acids is 1. The van der Waals surface area contributed by atoms with Crippen LogP contribution >= 0.6 is 15.9 Å². The summed E-state index contributed by atoms with van der Waals surface area (Å²) in [5, 5.41) is 4.14. The Hall–Kier alpha value is -0.830. The molecule has 0 heterocycles. The van der Waals surface area contributed by atoms with E-state index in [2.05, 4.69) is 33.4 Å². The maximum absolute atomic E-state index is 12.0. The van der Waals surface area contributed by atoms with Crippen LogP contribution in [0.25, 0.3) is 0 Å². The molecule has 0 unspecified atom stereocenters. The molecular weight excluding hydrogens is 314 g/mol. The van der Waals surface area contributed by atoms with Gasteiger partial charge in [-0.2, -0.15) is 0 Å². The van der Waals surface area contributed by atoms with Gasteiger partial charge in [0.1, 0.15) is 0 Å². The van der Waals surface area contributed by atoms with Gasteiger partial charge in [-0.05, 0) is 30.2 Å². The zero-order valence-electron chi connectivity index (χ0n) is 12.0. The summed E-state index contributed by atoms with van der Waals surface area (Å²) in [5.41, 5.74) is 1.52. The molecule has 0 spiro atoms. The summed E-state index contributed by atoms with van der Waals surface area (Å²) in [7, 11) is 0. The third-order valence-corrected chi connectivity index (χ3v) is 5.53. The Kier molecular flexibility index (Phi) is 6.08. The van der Waals surface area contributed by atoms with Crippen molar-refractivity contribution in [2.75, 3.05) is 11.9 Å². The molecular formula is C17H24BrNO. The second kappa shape index (κ2) is 7.82. The summed E-state index contributed by atoms with van der Waals surface area (Å²) in [6.07, 6.45) is 7.82. The molecule has 1 aromatic rings. The lowest BCUT2D eigenvalue weighted by molar-refractivity contribution is -0.121. The van der Waals surface area contributed by atoms with E-state index >= 15 is 0 Å². The van der Waals surface area contributed by atoms with Crippen molar-refractivity contribution < 1.29 is 4.79 Å². The van der Waals surface area contributed by atoms with E-state index in [4.69, 9.17) is 0 Å². The van der Waals surface area contributed by atoms with E-state index < -0.39 is 0 Å². The molecule has 1 saturated carbocycles. The minimum Gasteiger partial charge on any atom is -0.356 e. The van der Waals surface area contributed by atoms with E-state index in [1.54, 1.807) is 0 Å². The normalized spacial score (nSPS) is 17.6. The molecule has 0 atom stereocenters. The summed E-state index contributed by atoms with van der Waals surface area (Å²) in [5.74, 6) is 0.180. The highest BCUT2D eigenvalue weighted by Gasteiger charge is 2.31. The SMILES string of the molecule is O=C(CCc1ccccc1)NCC1(CBr)CCCCC1. The molecule has 3 heteroatoms. The van der Waals surface area contributed by atoms with Crippen molar-refractivity contribution >= 4 is 21.8 Å². The van der Waals surface area contributed by atoms with Gasteiger partial charge < -0.3 is 5.32 Å². The van der Waals surface area contributed by atoms with Crippen LogP contribution in [0.4, 0.5) is 0 Å². The summed E-state index contributed by atoms with van der Waals surface area (Å²) in [6, 6.07) is 10.2. The van der Waals surface area contributed by atoms with Crippen molar-refractivity contribution in [1.29, 1.82) is 0 Å². The summed E-state index contributed by atoms with van der Waals surface area (Å²) in [6.45, 7) is 0.825. The van der Waals surface area contributed by atoms with Crippen molar-refractivity contribution in [3.05, 3.63) is 35.9 Å². The average Bonchev–Trinajstić information content (AvgIpc) is 2.53. The zero-order chi connectivity index (χ0) is 14.3. The number of hydrogen-bond acceptors (Lipinski definition) is 1. The van der Waals surface area contributed by atoms with Crippen LogP contribution in [-0.2, 0) is 11.2 Å². The van der Waals surface area contributed by atoms with Gasteiger partial charge in [-0.3, -0.25) is 4.79 Å². The maximum atomic E-state index is 12.0. The van der Waals surface area contributed by atoms with Crippen LogP contribution in [0, 0.1) is 5.41 Å². The molecule has 0 saturated heterocycles. The third-order valence-electron chi connectivity index (χ3n) is 4.34. The standard InChI is InChI=1S/C17H24BrNO/c18-13-17(11-5-2-6-12-17)14-19-16(20)10-9-15-7-3-1-4-8-15/h1,3-4,7-8H,2,5-6,9-14H2,(H,19,20). The minimum atomic E-state index is 0.180. The fourth-order valence-corrected chi connectivity index (χ4v) is 3.70. The average molecular weight is 338 g/mol. The van der Waals surface area contributed by atoms with Gasteiger partial charge in [0.2, 0.25) is 5.91 Å². The lowest BCUT2D eigenvalue weighted by atomic mass is 9.75. The number of carbonyl (C=O) groups is 1. The predicted molar refractivity (Wildman–Crippen MR) is 87.1 cm³/mol. The molecule has 2 rings (SSSR count). The Morgan fingerprint density at radius 3 is 2.50 bits per heavy atom. The van der Waals surface area contributed by atoms with E-state index in [0.29, 0.717) is 11.8 Å². The first-order valence-electron chi connectivity index (χ1n) is 7.61. The largest absolute Gasteiger partial charge is 0.356 e. The minimum absolute atomic E-state index is 0.180. The zero-order valence-corrected chi connectivity index (χ0v) is 13.6. The molecule has 0 bridgehead atoms. The van der Waals surface area contributed by atoms with E-state index in [-0.39, 0.29) is 5.91 Å². The fraction of sp³-hybridized carbons (Fsp3) is 0.588. The third kappa shape index (κ3) is 4.62. The molecule has 0 aromatic heterocycles. The van der Waals surface area contributed by atoms with Crippen LogP contribution in [0.5, 0.6) is 0 Å². The first kappa shape index (κ1) is 15.6. The summed E-state index contributed by atoms with van der Waals surface area (Å²) in [4.78, 5) is 12.0. The van der Waals surface area contributed by atoms with Crippen molar-refractivity contribution in [3.8, 4) is 0 Å². The van der Waals surface area contributed by atoms with Crippen LogP contribution in [-0.4, -0.2) is 17.8 Å². The predicted octanol–water partition coefficient (Wildman–Crippen LogP) is 4.08. The van der Waals surface area contributed by atoms with E-state index in [1.165, 1.54) is 37.7 Å². The van der Waals surface area contributed by atoms with Crippen LogP contribution in [0.2, 0.25) is 0 Å². The Labute approximate surface area is 130 Å². The van der Waals surface area contributed by atoms with Crippen LogP contribution < -0.4 is 5.32 Å². The Balaban J connectivity index is 1.74. The molecule has 20 heavy (non-hydrogen) atoms. The van der Waals surface area contributed by atoms with E-state index in [9.17, 15) is 4.79 Å². The lowest BCUT2D eigenvalue weighted by Gasteiger charge is -2.35. The Bertz CT molecular complexity index is 412. The van der Waals surface area contributed by atoms with Crippen molar-refractivity contribution in [1.82, 2.24) is 5.32 Å². The van der Waals surface area contributed by atoms with Gasteiger partial charge in [-0.15, -0.1) is 0 Å². The number of benzene rings is 1. The highest BCUT2D eigenvalue weighted by molar-refractivity contribution is 9.09. The van der Waals surface area contributed by atoms with Crippen LogP contribution in [0.3, 0.4) is 0 Å². The molecule has 1 amide bonds. The van der Waals surface area contributed by atoms with Gasteiger partial charge in [0.25, 0.3) is 0 Å². The first-order chi connectivity index (χ1) is 9.74. The topological polar surface area (TPSA) is 29.1 Å². The Morgan fingerprint density at radius 2 is 1.85 bits per heavy atom. The van der Waals surface area contributed by atoms with Crippen molar-refractivity contribution in [2.24, 2.45) is 5.41 Å². The van der Waals surface area contributed by atoms with E-state index in [1.807, 2.05) is 18.2 Å². The van der Waals surface area contributed by atoms with Crippen LogP contribution in [0.15, 0.2) is 30.3 Å². The molecule has 110 valence electrons. The van der Waals surface area contributed by atoms with Gasteiger partial charge in [-0.25, -0.2) is 0 Å². The molecule has 0 aliphatic heterocycles. The monoisotopic (exact) mass is 337 g/mol. The van der Waals surface area contributed by atoms with Crippen molar-refractivity contribution in [2.45, 2.75) is 44.9 Å². The Morgan fingerprint density at radius 1 is 1.15 bits per heavy atom. The van der Waals surface area contributed by atoms with Gasteiger partial charge in [0.05, 0.1) is 0 Å². The molecule has 1 N–H and O–H groups in total. The van der Waals surface area contributed by atoms with Crippen LogP contribution in [0.1, 0.15) is 44.1 Å². The van der Waals surface area contributed by atoms with Gasteiger partial charge in [0.15, 0.2) is 0 Å². The maximum Gasteiger partial charge on any atom is 0.220 e. The number of hydrogen-bond donors (Lipinski definition) is 1. The van der Waals surface area contributed by atoms with Gasteiger partial charge >= 0.3 is 0 Å². The first-order valence-corrected chi connectivity index (χ1v) is 8.73. The number of nitrogens with one attached hydrogen (secondary N) is 1. The molecule has 1 aliphatic carbocycles. The lowest BCUT2D eigenvalue weighted by Crippen LogP contribution is -2.40. The number of aryl methyl sites for hydroxylation is 1. The fourth-order valence-electron chi connectivity index (χ4n) is 2.94. The molecule has 0 radical (unpaired) electrons. The number of amides is 1. The molecule has 1 fully saturated rings. The van der Waals surface area contributed by atoms with Crippen molar-refractivity contribution in [3.63, 3.8) is 0 Å². The highest BCUT2D eigenvalue weighted by Crippen LogP contribution is 2.37. The number of alkyl halides is 1. The summed E-state index contributed by atoms with van der Waals surface area (Å²) < 4.78 is 0. The quantitative estimate of drug-likeness (QED) is 0.778. The van der Waals surface area contributed by atoms with Gasteiger partial charge in [-0.1, -0.05) is 65.5 Å². The smallest absolute Gasteiger partial charge is 0.220 e.